The smallest absolute Gasteiger partial charge is 0.291 e. The number of hydrogen-bond donors (Lipinski definition) is 2. The van der Waals surface area contributed by atoms with Gasteiger partial charge in [-0.3, -0.25) is 20.6 Å². The Morgan fingerprint density at radius 2 is 1.87 bits per heavy atom. The van der Waals surface area contributed by atoms with E-state index in [1.807, 2.05) is 6.92 Å². The number of rotatable bonds is 5. The van der Waals surface area contributed by atoms with Crippen molar-refractivity contribution in [3.05, 3.63) is 24.4 Å². The number of hydrogen-bond acceptors (Lipinski definition) is 3. The summed E-state index contributed by atoms with van der Waals surface area (Å²) in [7, 11) is 0. The van der Waals surface area contributed by atoms with Crippen LogP contribution in [0.4, 0.5) is 4.79 Å². The first kappa shape index (κ1) is 13.1. The second kappa shape index (κ2) is 7.49. The van der Waals surface area contributed by atoms with Crippen molar-refractivity contribution in [2.24, 2.45) is 0 Å². The summed E-state index contributed by atoms with van der Waals surface area (Å²) in [6, 6.07) is -0.420. The van der Waals surface area contributed by atoms with Gasteiger partial charge >= 0.3 is 6.03 Å². The minimum absolute atomic E-state index is 0.334. The molecule has 0 rings (SSSR count). The van der Waals surface area contributed by atoms with E-state index in [1.165, 1.54) is 11.1 Å². The van der Waals surface area contributed by atoms with Crippen LogP contribution in [0, 0.1) is 10.8 Å². The summed E-state index contributed by atoms with van der Waals surface area (Å²) in [5.74, 6) is 0. The minimum atomic E-state index is -0.420. The lowest BCUT2D eigenvalue weighted by atomic mass is 10.5. The van der Waals surface area contributed by atoms with Crippen molar-refractivity contribution in [2.45, 2.75) is 13.8 Å². The molecule has 2 N–H and O–H groups in total. The van der Waals surface area contributed by atoms with Crippen molar-refractivity contribution in [3.63, 3.8) is 0 Å². The molecule has 0 unspecified atom stereocenters. The van der Waals surface area contributed by atoms with Crippen LogP contribution in [0.5, 0.6) is 0 Å². The van der Waals surface area contributed by atoms with Crippen LogP contribution in [0.25, 0.3) is 0 Å². The number of amides is 2. The molecule has 0 spiro atoms. The number of carbonyl (C=O) groups is 1. The van der Waals surface area contributed by atoms with Gasteiger partial charge in [0.15, 0.2) is 0 Å². The molecule has 2 amide bonds. The van der Waals surface area contributed by atoms with Gasteiger partial charge in [-0.25, -0.2) is 4.79 Å². The molecule has 0 aromatic heterocycles. The van der Waals surface area contributed by atoms with Crippen LogP contribution in [-0.2, 0) is 0 Å². The third-order valence-electron chi connectivity index (χ3n) is 1.61. The molecule has 0 atom stereocenters. The van der Waals surface area contributed by atoms with Gasteiger partial charge in [0.2, 0.25) is 0 Å². The molecule has 0 bridgehead atoms. The van der Waals surface area contributed by atoms with E-state index >= 15 is 0 Å². The molecule has 5 heteroatoms. The molecule has 0 fully saturated rings. The zero-order chi connectivity index (χ0) is 11.7. The topological polar surface area (TPSA) is 71.2 Å². The van der Waals surface area contributed by atoms with Crippen molar-refractivity contribution in [2.75, 3.05) is 6.54 Å². The fourth-order valence-corrected chi connectivity index (χ4v) is 0.876. The summed E-state index contributed by atoms with van der Waals surface area (Å²) in [5.41, 5.74) is 0. The van der Waals surface area contributed by atoms with Crippen LogP contribution in [0.3, 0.4) is 0 Å². The summed E-state index contributed by atoms with van der Waals surface area (Å²) in [6.45, 7) is 3.93. The summed E-state index contributed by atoms with van der Waals surface area (Å²) in [6.07, 6.45) is 8.55. The molecule has 0 aliphatic heterocycles. The number of carbonyl (C=O) groups excluding carboxylic acids is 1. The van der Waals surface area contributed by atoms with Crippen molar-refractivity contribution < 1.29 is 4.79 Å². The minimum Gasteiger partial charge on any atom is -0.291 e. The molecule has 0 heterocycles. The molecule has 15 heavy (non-hydrogen) atoms. The highest BCUT2D eigenvalue weighted by Gasteiger charge is 2.14. The van der Waals surface area contributed by atoms with Gasteiger partial charge in [0.1, 0.15) is 0 Å². The third-order valence-corrected chi connectivity index (χ3v) is 1.61. The van der Waals surface area contributed by atoms with Gasteiger partial charge in [-0.2, -0.15) is 0 Å². The zero-order valence-corrected chi connectivity index (χ0v) is 8.97. The van der Waals surface area contributed by atoms with E-state index in [0.29, 0.717) is 6.54 Å². The Bertz CT molecular complexity index is 283. The first-order valence-corrected chi connectivity index (χ1v) is 4.55. The largest absolute Gasteiger partial charge is 0.334 e. The molecule has 82 valence electrons. The summed E-state index contributed by atoms with van der Waals surface area (Å²) in [4.78, 5) is 14.0. The molecular weight excluding hydrogens is 192 g/mol. The molecular formula is C10H16N4O. The number of nitrogens with zero attached hydrogens (tertiary/aromatic N) is 2. The van der Waals surface area contributed by atoms with E-state index in [4.69, 9.17) is 10.8 Å². The SMILES string of the molecule is C/C=C\CN(C=N)C(=O)N(C=N)/C=C\C. The lowest BCUT2D eigenvalue weighted by molar-refractivity contribution is 0.213. The normalized spacial score (nSPS) is 10.5. The average Bonchev–Trinajstić information content (AvgIpc) is 2.26. The van der Waals surface area contributed by atoms with Crippen molar-refractivity contribution in [3.8, 4) is 0 Å². The fourth-order valence-electron chi connectivity index (χ4n) is 0.876. The predicted octanol–water partition coefficient (Wildman–Crippen LogP) is 2.03. The van der Waals surface area contributed by atoms with Gasteiger partial charge in [0.25, 0.3) is 0 Å². The predicted molar refractivity (Wildman–Crippen MR) is 61.1 cm³/mol. The number of nitrogens with one attached hydrogen (secondary N) is 2. The Labute approximate surface area is 89.7 Å². The third kappa shape index (κ3) is 4.21. The van der Waals surface area contributed by atoms with Crippen LogP contribution in [0.1, 0.15) is 13.8 Å². The summed E-state index contributed by atoms with van der Waals surface area (Å²) in [5, 5.41) is 14.1. The Morgan fingerprint density at radius 3 is 2.27 bits per heavy atom. The maximum atomic E-state index is 11.7. The Morgan fingerprint density at radius 1 is 1.20 bits per heavy atom. The van der Waals surface area contributed by atoms with Gasteiger partial charge in [0, 0.05) is 12.7 Å². The quantitative estimate of drug-likeness (QED) is 0.405. The maximum Gasteiger partial charge on any atom is 0.334 e. The highest BCUT2D eigenvalue weighted by atomic mass is 16.2. The fraction of sp³-hybridized carbons (Fsp3) is 0.300. The van der Waals surface area contributed by atoms with Gasteiger partial charge in [0.05, 0.1) is 12.7 Å². The van der Waals surface area contributed by atoms with Crippen LogP contribution < -0.4 is 0 Å². The first-order chi connectivity index (χ1) is 7.21. The van der Waals surface area contributed by atoms with Crippen LogP contribution in [0.2, 0.25) is 0 Å². The van der Waals surface area contributed by atoms with E-state index in [0.717, 1.165) is 17.6 Å². The standard InChI is InChI=1S/C10H16N4O/c1-3-5-7-14(9-12)10(15)13(8-11)6-4-2/h3-6,8-9,11-12H,7H2,1-2H3/b5-3-,6-4-,11-8?,12-9?. The van der Waals surface area contributed by atoms with Gasteiger partial charge in [-0.05, 0) is 13.8 Å². The van der Waals surface area contributed by atoms with Crippen LogP contribution >= 0.6 is 0 Å². The highest BCUT2D eigenvalue weighted by Crippen LogP contribution is 1.96. The Kier molecular flexibility index (Phi) is 6.54. The van der Waals surface area contributed by atoms with Gasteiger partial charge < -0.3 is 0 Å². The van der Waals surface area contributed by atoms with Gasteiger partial charge in [-0.15, -0.1) is 0 Å². The number of urea groups is 1. The first-order valence-electron chi connectivity index (χ1n) is 4.55. The van der Waals surface area contributed by atoms with Crippen LogP contribution in [0.15, 0.2) is 24.4 Å². The number of allylic oxidation sites excluding steroid dienone is 2. The molecule has 0 saturated carbocycles. The van der Waals surface area contributed by atoms with E-state index in [1.54, 1.807) is 25.2 Å². The van der Waals surface area contributed by atoms with Crippen molar-refractivity contribution in [1.82, 2.24) is 9.80 Å². The van der Waals surface area contributed by atoms with E-state index < -0.39 is 6.03 Å². The van der Waals surface area contributed by atoms with Gasteiger partial charge in [-0.1, -0.05) is 18.2 Å². The Balaban J connectivity index is 4.60. The highest BCUT2D eigenvalue weighted by molar-refractivity contribution is 5.93. The second-order valence-electron chi connectivity index (χ2n) is 2.65. The molecule has 0 saturated heterocycles. The molecule has 0 aliphatic carbocycles. The molecule has 0 radical (unpaired) electrons. The van der Waals surface area contributed by atoms with Crippen molar-refractivity contribution >= 4 is 18.7 Å². The monoisotopic (exact) mass is 208 g/mol. The lowest BCUT2D eigenvalue weighted by Gasteiger charge is -2.20. The maximum absolute atomic E-state index is 11.7. The van der Waals surface area contributed by atoms with E-state index in [2.05, 4.69) is 0 Å². The summed E-state index contributed by atoms with van der Waals surface area (Å²) < 4.78 is 0. The van der Waals surface area contributed by atoms with E-state index in [-0.39, 0.29) is 0 Å². The average molecular weight is 208 g/mol. The molecule has 5 nitrogen and oxygen atoms in total. The van der Waals surface area contributed by atoms with Crippen LogP contribution in [-0.4, -0.2) is 35.1 Å². The lowest BCUT2D eigenvalue weighted by Crippen LogP contribution is -2.38. The van der Waals surface area contributed by atoms with Crippen molar-refractivity contribution in [1.29, 1.82) is 10.8 Å². The molecule has 0 aromatic carbocycles. The molecule has 0 aromatic rings. The molecule has 0 aliphatic rings. The zero-order valence-electron chi connectivity index (χ0n) is 8.97. The Hall–Kier alpha value is -1.91. The summed E-state index contributed by atoms with van der Waals surface area (Å²) >= 11 is 0. The second-order valence-corrected chi connectivity index (χ2v) is 2.65. The van der Waals surface area contributed by atoms with E-state index in [9.17, 15) is 4.79 Å².